The Balaban J connectivity index is 1.68. The van der Waals surface area contributed by atoms with Gasteiger partial charge in [0.05, 0.1) is 11.9 Å². The van der Waals surface area contributed by atoms with Crippen LogP contribution in [-0.4, -0.2) is 24.0 Å². The molecule has 1 saturated heterocycles. The third kappa shape index (κ3) is 3.57. The lowest BCUT2D eigenvalue weighted by molar-refractivity contribution is -0.120. The van der Waals surface area contributed by atoms with Gasteiger partial charge in [-0.25, -0.2) is 4.98 Å². The summed E-state index contributed by atoms with van der Waals surface area (Å²) < 4.78 is 0. The summed E-state index contributed by atoms with van der Waals surface area (Å²) in [5.74, 6) is 0.250. The molecule has 2 aromatic rings. The third-order valence-electron chi connectivity index (χ3n) is 4.56. The Morgan fingerprint density at radius 1 is 1.12 bits per heavy atom. The van der Waals surface area contributed by atoms with E-state index >= 15 is 0 Å². The zero-order valence-electron chi connectivity index (χ0n) is 14.0. The predicted octanol–water partition coefficient (Wildman–Crippen LogP) is 2.88. The van der Waals surface area contributed by atoms with E-state index in [-0.39, 0.29) is 5.91 Å². The smallest absolute Gasteiger partial charge is 0.249 e. The molecule has 1 atom stereocenters. The first-order valence-electron chi connectivity index (χ1n) is 8.44. The van der Waals surface area contributed by atoms with E-state index in [2.05, 4.69) is 15.2 Å². The molecule has 0 radical (unpaired) electrons. The maximum absolute atomic E-state index is 12.5. The Kier molecular flexibility index (Phi) is 4.81. The summed E-state index contributed by atoms with van der Waals surface area (Å²) in [5.41, 5.74) is 7.00. The fraction of sp³-hybridized carbons (Fsp3) is 0.368. The molecule has 0 spiro atoms. The number of carbonyl (C=O) groups is 1. The number of nitrogens with two attached hydrogens (primary N) is 1. The maximum Gasteiger partial charge on any atom is 0.249 e. The highest BCUT2D eigenvalue weighted by Gasteiger charge is 2.30. The number of piperidine rings is 1. The minimum absolute atomic E-state index is 0.271. The number of rotatable bonds is 4. The highest BCUT2D eigenvalue weighted by molar-refractivity contribution is 5.97. The summed E-state index contributed by atoms with van der Waals surface area (Å²) in [6, 6.07) is 13.2. The zero-order valence-corrected chi connectivity index (χ0v) is 14.0. The van der Waals surface area contributed by atoms with Gasteiger partial charge in [-0.15, -0.1) is 0 Å². The molecule has 0 aliphatic carbocycles. The van der Waals surface area contributed by atoms with Gasteiger partial charge in [0.15, 0.2) is 0 Å². The number of carbonyl (C=O) groups excluding carboxylic acids is 1. The van der Waals surface area contributed by atoms with Gasteiger partial charge in [0, 0.05) is 13.1 Å². The highest BCUT2D eigenvalue weighted by Crippen LogP contribution is 2.22. The van der Waals surface area contributed by atoms with Crippen LogP contribution in [0.4, 0.5) is 11.5 Å². The lowest BCUT2D eigenvalue weighted by Gasteiger charge is -2.28. The second-order valence-electron chi connectivity index (χ2n) is 6.47. The number of pyridine rings is 1. The van der Waals surface area contributed by atoms with E-state index in [9.17, 15) is 4.79 Å². The Hall–Kier alpha value is -2.40. The first kappa shape index (κ1) is 16.5. The molecule has 1 amide bonds. The van der Waals surface area contributed by atoms with Crippen molar-refractivity contribution in [1.82, 2.24) is 4.98 Å². The molecule has 1 aliphatic heterocycles. The van der Waals surface area contributed by atoms with Crippen molar-refractivity contribution in [3.63, 3.8) is 0 Å². The van der Waals surface area contributed by atoms with Gasteiger partial charge in [-0.05, 0) is 43.9 Å². The van der Waals surface area contributed by atoms with E-state index in [1.165, 1.54) is 19.3 Å². The monoisotopic (exact) mass is 324 g/mol. The molecule has 0 saturated carbocycles. The van der Waals surface area contributed by atoms with Gasteiger partial charge in [-0.3, -0.25) is 4.79 Å². The van der Waals surface area contributed by atoms with Crippen LogP contribution in [0.25, 0.3) is 0 Å². The molecule has 24 heavy (non-hydrogen) atoms. The fourth-order valence-corrected chi connectivity index (χ4v) is 2.96. The van der Waals surface area contributed by atoms with Crippen LogP contribution < -0.4 is 16.0 Å². The second-order valence-corrected chi connectivity index (χ2v) is 6.47. The van der Waals surface area contributed by atoms with Gasteiger partial charge in [0.1, 0.15) is 11.4 Å². The van der Waals surface area contributed by atoms with Crippen molar-refractivity contribution in [2.24, 2.45) is 5.73 Å². The minimum Gasteiger partial charge on any atom is -0.370 e. The van der Waals surface area contributed by atoms with Crippen LogP contribution in [0.15, 0.2) is 48.7 Å². The van der Waals surface area contributed by atoms with Crippen molar-refractivity contribution >= 4 is 17.4 Å². The topological polar surface area (TPSA) is 71.2 Å². The van der Waals surface area contributed by atoms with Gasteiger partial charge in [-0.1, -0.05) is 30.3 Å². The van der Waals surface area contributed by atoms with Crippen LogP contribution >= 0.6 is 0 Å². The van der Waals surface area contributed by atoms with E-state index in [1.807, 2.05) is 48.7 Å². The molecule has 1 aromatic heterocycles. The molecule has 1 aliphatic rings. The van der Waals surface area contributed by atoms with Crippen LogP contribution in [0.2, 0.25) is 0 Å². The Morgan fingerprint density at radius 3 is 2.46 bits per heavy atom. The van der Waals surface area contributed by atoms with E-state index in [4.69, 9.17) is 5.73 Å². The number of nitrogens with zero attached hydrogens (tertiary/aromatic N) is 2. The summed E-state index contributed by atoms with van der Waals surface area (Å²) >= 11 is 0. The van der Waals surface area contributed by atoms with Gasteiger partial charge in [-0.2, -0.15) is 0 Å². The van der Waals surface area contributed by atoms with Gasteiger partial charge < -0.3 is 16.0 Å². The average molecular weight is 324 g/mol. The van der Waals surface area contributed by atoms with Crippen LogP contribution in [0.1, 0.15) is 31.7 Å². The number of aromatic nitrogens is 1. The Morgan fingerprint density at radius 2 is 1.83 bits per heavy atom. The number of anilines is 2. The van der Waals surface area contributed by atoms with Crippen LogP contribution in [0.3, 0.4) is 0 Å². The SMILES string of the molecule is CC(N)(C(=O)Nc1ccc(N2CCCCC2)cn1)c1ccccc1. The quantitative estimate of drug-likeness (QED) is 0.907. The second kappa shape index (κ2) is 7.01. The van der Waals surface area contributed by atoms with Crippen LogP contribution in [0.5, 0.6) is 0 Å². The van der Waals surface area contributed by atoms with Gasteiger partial charge >= 0.3 is 0 Å². The number of benzene rings is 1. The third-order valence-corrected chi connectivity index (χ3v) is 4.56. The fourth-order valence-electron chi connectivity index (χ4n) is 2.96. The molecule has 1 unspecified atom stereocenters. The number of nitrogens with one attached hydrogen (secondary N) is 1. The van der Waals surface area contributed by atoms with Crippen molar-refractivity contribution < 1.29 is 4.79 Å². The van der Waals surface area contributed by atoms with E-state index in [0.29, 0.717) is 5.82 Å². The lowest BCUT2D eigenvalue weighted by Crippen LogP contribution is -2.45. The summed E-state index contributed by atoms with van der Waals surface area (Å²) in [5, 5.41) is 2.82. The molecule has 2 heterocycles. The molecule has 5 nitrogen and oxygen atoms in total. The van der Waals surface area contributed by atoms with Crippen molar-refractivity contribution in [1.29, 1.82) is 0 Å². The van der Waals surface area contributed by atoms with Crippen LogP contribution in [-0.2, 0) is 10.3 Å². The van der Waals surface area contributed by atoms with Crippen molar-refractivity contribution in [2.75, 3.05) is 23.3 Å². The molecule has 0 bridgehead atoms. The van der Waals surface area contributed by atoms with E-state index in [0.717, 1.165) is 24.3 Å². The lowest BCUT2D eigenvalue weighted by atomic mass is 9.92. The highest BCUT2D eigenvalue weighted by atomic mass is 16.2. The van der Waals surface area contributed by atoms with Crippen molar-refractivity contribution in [2.45, 2.75) is 31.7 Å². The summed E-state index contributed by atoms with van der Waals surface area (Å²) in [7, 11) is 0. The molecular formula is C19H24N4O. The summed E-state index contributed by atoms with van der Waals surface area (Å²) in [6.07, 6.45) is 5.56. The molecule has 3 rings (SSSR count). The van der Waals surface area contributed by atoms with Crippen molar-refractivity contribution in [3.8, 4) is 0 Å². The van der Waals surface area contributed by atoms with Crippen molar-refractivity contribution in [3.05, 3.63) is 54.2 Å². The summed E-state index contributed by atoms with van der Waals surface area (Å²) in [6.45, 7) is 3.85. The van der Waals surface area contributed by atoms with E-state index in [1.54, 1.807) is 6.92 Å². The molecule has 1 fully saturated rings. The van der Waals surface area contributed by atoms with Gasteiger partial charge in [0.2, 0.25) is 5.91 Å². The number of amides is 1. The minimum atomic E-state index is -1.10. The Labute approximate surface area is 142 Å². The standard InChI is InChI=1S/C19H24N4O/c1-19(20,15-8-4-2-5-9-15)18(24)22-17-11-10-16(14-21-17)23-12-6-3-7-13-23/h2,4-5,8-11,14H,3,6-7,12-13,20H2,1H3,(H,21,22,24). The first-order chi connectivity index (χ1) is 11.6. The number of hydrogen-bond acceptors (Lipinski definition) is 4. The first-order valence-corrected chi connectivity index (χ1v) is 8.44. The van der Waals surface area contributed by atoms with Crippen LogP contribution in [0, 0.1) is 0 Å². The maximum atomic E-state index is 12.5. The molecule has 5 heteroatoms. The molecular weight excluding hydrogens is 300 g/mol. The zero-order chi connectivity index (χ0) is 17.0. The molecule has 3 N–H and O–H groups in total. The normalized spacial score (nSPS) is 17.2. The number of hydrogen-bond donors (Lipinski definition) is 2. The predicted molar refractivity (Wildman–Crippen MR) is 96.9 cm³/mol. The summed E-state index contributed by atoms with van der Waals surface area (Å²) in [4.78, 5) is 19.2. The van der Waals surface area contributed by atoms with Gasteiger partial charge in [0.25, 0.3) is 0 Å². The largest absolute Gasteiger partial charge is 0.370 e. The van der Waals surface area contributed by atoms with E-state index < -0.39 is 5.54 Å². The average Bonchev–Trinajstić information content (AvgIpc) is 2.64. The Bertz CT molecular complexity index is 676. The molecule has 126 valence electrons. The molecule has 1 aromatic carbocycles.